The molecule has 0 radical (unpaired) electrons. The first-order valence-electron chi connectivity index (χ1n) is 6.98. The summed E-state index contributed by atoms with van der Waals surface area (Å²) in [4.78, 5) is 12.1. The van der Waals surface area contributed by atoms with Crippen LogP contribution in [-0.4, -0.2) is 33.5 Å². The minimum atomic E-state index is -0.369. The van der Waals surface area contributed by atoms with Crippen molar-refractivity contribution in [1.82, 2.24) is 5.43 Å². The van der Waals surface area contributed by atoms with Crippen molar-refractivity contribution >= 4 is 23.7 Å². The number of methoxy groups -OCH3 is 3. The summed E-state index contributed by atoms with van der Waals surface area (Å²) in [5, 5.41) is 4.38. The van der Waals surface area contributed by atoms with Gasteiger partial charge in [-0.05, 0) is 42.0 Å². The van der Waals surface area contributed by atoms with Crippen molar-refractivity contribution in [2.24, 2.45) is 5.10 Å². The van der Waals surface area contributed by atoms with Gasteiger partial charge in [-0.2, -0.15) is 5.10 Å². The highest BCUT2D eigenvalue weighted by molar-refractivity contribution is 6.32. The standard InChI is InChI=1S/C17H17ClN2O4/c1-22-14-6-4-11(8-13(14)18)10-19-20-17(21)12-5-7-15(23-2)16(9-12)24-3/h4-10H,1-3H3,(H,20,21)/b19-10+. The Kier molecular flexibility index (Phi) is 6.03. The predicted molar refractivity (Wildman–Crippen MR) is 92.6 cm³/mol. The van der Waals surface area contributed by atoms with Gasteiger partial charge in [0.25, 0.3) is 5.91 Å². The van der Waals surface area contributed by atoms with Crippen LogP contribution in [0, 0.1) is 0 Å². The molecule has 6 nitrogen and oxygen atoms in total. The van der Waals surface area contributed by atoms with E-state index in [-0.39, 0.29) is 5.91 Å². The maximum absolute atomic E-state index is 12.1. The molecule has 2 rings (SSSR count). The first-order valence-corrected chi connectivity index (χ1v) is 7.35. The molecule has 2 aromatic rings. The Labute approximate surface area is 145 Å². The highest BCUT2D eigenvalue weighted by atomic mass is 35.5. The molecule has 0 bridgehead atoms. The van der Waals surface area contributed by atoms with Gasteiger partial charge in [0.1, 0.15) is 5.75 Å². The monoisotopic (exact) mass is 348 g/mol. The van der Waals surface area contributed by atoms with Crippen LogP contribution < -0.4 is 19.6 Å². The molecular formula is C17H17ClN2O4. The Bertz CT molecular complexity index is 762. The van der Waals surface area contributed by atoms with Gasteiger partial charge < -0.3 is 14.2 Å². The van der Waals surface area contributed by atoms with Crippen LogP contribution in [0.25, 0.3) is 0 Å². The zero-order chi connectivity index (χ0) is 17.5. The van der Waals surface area contributed by atoms with Crippen LogP contribution in [-0.2, 0) is 0 Å². The normalized spacial score (nSPS) is 10.5. The third kappa shape index (κ3) is 4.17. The summed E-state index contributed by atoms with van der Waals surface area (Å²) in [6.45, 7) is 0. The third-order valence-electron chi connectivity index (χ3n) is 3.20. The summed E-state index contributed by atoms with van der Waals surface area (Å²) in [5.41, 5.74) is 3.57. The van der Waals surface area contributed by atoms with E-state index in [1.165, 1.54) is 20.4 Å². The van der Waals surface area contributed by atoms with Gasteiger partial charge in [0.2, 0.25) is 0 Å². The smallest absolute Gasteiger partial charge is 0.271 e. The van der Waals surface area contributed by atoms with Crippen LogP contribution in [0.5, 0.6) is 17.2 Å². The molecular weight excluding hydrogens is 332 g/mol. The molecule has 24 heavy (non-hydrogen) atoms. The van der Waals surface area contributed by atoms with Gasteiger partial charge in [-0.3, -0.25) is 4.79 Å². The molecule has 0 unspecified atom stereocenters. The average Bonchev–Trinajstić information content (AvgIpc) is 2.61. The zero-order valence-corrected chi connectivity index (χ0v) is 14.3. The number of amides is 1. The Morgan fingerprint density at radius 1 is 1.00 bits per heavy atom. The van der Waals surface area contributed by atoms with E-state index in [1.807, 2.05) is 0 Å². The minimum Gasteiger partial charge on any atom is -0.495 e. The quantitative estimate of drug-likeness (QED) is 0.643. The van der Waals surface area contributed by atoms with Crippen molar-refractivity contribution in [2.75, 3.05) is 21.3 Å². The summed E-state index contributed by atoms with van der Waals surface area (Å²) in [7, 11) is 4.57. The van der Waals surface area contributed by atoms with Crippen LogP contribution >= 0.6 is 11.6 Å². The zero-order valence-electron chi connectivity index (χ0n) is 13.5. The summed E-state index contributed by atoms with van der Waals surface area (Å²) >= 11 is 6.03. The SMILES string of the molecule is COc1ccc(/C=N/NC(=O)c2ccc(OC)c(OC)c2)cc1Cl. The molecule has 1 N–H and O–H groups in total. The molecule has 0 spiro atoms. The number of hydrogen-bond donors (Lipinski definition) is 1. The summed E-state index contributed by atoms with van der Waals surface area (Å²) < 4.78 is 15.4. The van der Waals surface area contributed by atoms with Gasteiger partial charge in [-0.15, -0.1) is 0 Å². The van der Waals surface area contributed by atoms with E-state index in [0.717, 1.165) is 5.56 Å². The maximum Gasteiger partial charge on any atom is 0.271 e. The van der Waals surface area contributed by atoms with Gasteiger partial charge in [-0.25, -0.2) is 5.43 Å². The van der Waals surface area contributed by atoms with Crippen molar-refractivity contribution in [3.05, 3.63) is 52.5 Å². The van der Waals surface area contributed by atoms with Gasteiger partial charge >= 0.3 is 0 Å². The second-order valence-electron chi connectivity index (χ2n) is 4.66. The number of nitrogens with zero attached hydrogens (tertiary/aromatic N) is 1. The van der Waals surface area contributed by atoms with Gasteiger partial charge in [-0.1, -0.05) is 11.6 Å². The van der Waals surface area contributed by atoms with Crippen molar-refractivity contribution < 1.29 is 19.0 Å². The number of carbonyl (C=O) groups is 1. The predicted octanol–water partition coefficient (Wildman–Crippen LogP) is 3.13. The van der Waals surface area contributed by atoms with Crippen LogP contribution in [0.3, 0.4) is 0 Å². The van der Waals surface area contributed by atoms with E-state index in [2.05, 4.69) is 10.5 Å². The summed E-state index contributed by atoms with van der Waals surface area (Å²) in [6.07, 6.45) is 1.49. The second-order valence-corrected chi connectivity index (χ2v) is 5.07. The Hall–Kier alpha value is -2.73. The average molecular weight is 349 g/mol. The molecule has 1 amide bonds. The van der Waals surface area contributed by atoms with Crippen LogP contribution in [0.4, 0.5) is 0 Å². The molecule has 0 saturated carbocycles. The molecule has 2 aromatic carbocycles. The van der Waals surface area contributed by atoms with Crippen LogP contribution in [0.15, 0.2) is 41.5 Å². The van der Waals surface area contributed by atoms with E-state index in [1.54, 1.807) is 43.5 Å². The molecule has 0 fully saturated rings. The fraction of sp³-hybridized carbons (Fsp3) is 0.176. The lowest BCUT2D eigenvalue weighted by molar-refractivity contribution is 0.0954. The molecule has 0 aromatic heterocycles. The molecule has 126 valence electrons. The van der Waals surface area contributed by atoms with Crippen molar-refractivity contribution in [3.8, 4) is 17.2 Å². The lowest BCUT2D eigenvalue weighted by atomic mass is 10.2. The largest absolute Gasteiger partial charge is 0.495 e. The van der Waals surface area contributed by atoms with E-state index >= 15 is 0 Å². The third-order valence-corrected chi connectivity index (χ3v) is 3.50. The van der Waals surface area contributed by atoms with Gasteiger partial charge in [0, 0.05) is 5.56 Å². The maximum atomic E-state index is 12.1. The minimum absolute atomic E-state index is 0.369. The van der Waals surface area contributed by atoms with Gasteiger partial charge in [0.05, 0.1) is 32.6 Å². The molecule has 0 aliphatic carbocycles. The van der Waals surface area contributed by atoms with E-state index in [9.17, 15) is 4.79 Å². The number of hydrogen-bond acceptors (Lipinski definition) is 5. The number of ether oxygens (including phenoxy) is 3. The number of halogens is 1. The number of nitrogens with one attached hydrogen (secondary N) is 1. The van der Waals surface area contributed by atoms with Crippen molar-refractivity contribution in [1.29, 1.82) is 0 Å². The van der Waals surface area contributed by atoms with Crippen molar-refractivity contribution in [2.45, 2.75) is 0 Å². The van der Waals surface area contributed by atoms with Crippen LogP contribution in [0.1, 0.15) is 15.9 Å². The molecule has 0 atom stereocenters. The highest BCUT2D eigenvalue weighted by Crippen LogP contribution is 2.27. The molecule has 0 heterocycles. The Morgan fingerprint density at radius 2 is 1.67 bits per heavy atom. The first kappa shape index (κ1) is 17.6. The van der Waals surface area contributed by atoms with E-state index < -0.39 is 0 Å². The van der Waals surface area contributed by atoms with Gasteiger partial charge in [0.15, 0.2) is 11.5 Å². The molecule has 0 aliphatic heterocycles. The van der Waals surface area contributed by atoms with E-state index in [0.29, 0.717) is 27.8 Å². The van der Waals surface area contributed by atoms with E-state index in [4.69, 9.17) is 25.8 Å². The topological polar surface area (TPSA) is 69.2 Å². The molecule has 0 saturated heterocycles. The Morgan fingerprint density at radius 3 is 2.29 bits per heavy atom. The summed E-state index contributed by atoms with van der Waals surface area (Å²) in [6, 6.07) is 10.0. The number of carbonyl (C=O) groups excluding carboxylic acids is 1. The van der Waals surface area contributed by atoms with Crippen LogP contribution in [0.2, 0.25) is 5.02 Å². The number of rotatable bonds is 6. The second kappa shape index (κ2) is 8.21. The fourth-order valence-electron chi connectivity index (χ4n) is 1.97. The lowest BCUT2D eigenvalue weighted by Crippen LogP contribution is -2.17. The fourth-order valence-corrected chi connectivity index (χ4v) is 2.24. The molecule has 0 aliphatic rings. The Balaban J connectivity index is 2.06. The van der Waals surface area contributed by atoms with Crippen molar-refractivity contribution in [3.63, 3.8) is 0 Å². The summed E-state index contributed by atoms with van der Waals surface area (Å²) in [5.74, 6) is 1.22. The highest BCUT2D eigenvalue weighted by Gasteiger charge is 2.10. The number of hydrazone groups is 1. The first-order chi connectivity index (χ1) is 11.6. The number of benzene rings is 2. The lowest BCUT2D eigenvalue weighted by Gasteiger charge is -2.08. The molecule has 7 heteroatoms.